The lowest BCUT2D eigenvalue weighted by atomic mass is 10.1. The quantitative estimate of drug-likeness (QED) is 0.811. The van der Waals surface area contributed by atoms with Gasteiger partial charge in [0.05, 0.1) is 4.47 Å². The molecule has 0 saturated carbocycles. The summed E-state index contributed by atoms with van der Waals surface area (Å²) in [4.78, 5) is 11.0. The predicted molar refractivity (Wildman–Crippen MR) is 73.9 cm³/mol. The van der Waals surface area contributed by atoms with Gasteiger partial charge >= 0.3 is 5.97 Å². The average Bonchev–Trinajstić information content (AvgIpc) is 2.31. The van der Waals surface area contributed by atoms with Crippen LogP contribution in [0.5, 0.6) is 5.75 Å². The highest BCUT2D eigenvalue weighted by molar-refractivity contribution is 9.10. The zero-order chi connectivity index (χ0) is 13.5. The van der Waals surface area contributed by atoms with Crippen molar-refractivity contribution in [1.82, 2.24) is 0 Å². The number of ether oxygens (including phenoxy) is 1. The van der Waals surface area contributed by atoms with Gasteiger partial charge in [0.15, 0.2) is 6.10 Å². The molecule has 0 aromatic heterocycles. The molecule has 1 rings (SSSR count). The molecule has 0 spiro atoms. The molecule has 4 nitrogen and oxygen atoms in total. The van der Waals surface area contributed by atoms with Gasteiger partial charge in [-0.05, 0) is 53.0 Å². The first-order valence-electron chi connectivity index (χ1n) is 5.96. The lowest BCUT2D eigenvalue weighted by Gasteiger charge is -2.16. The SMILES string of the molecule is CCCC(Oc1ccc(CCN)cc1Br)C(=O)O. The van der Waals surface area contributed by atoms with Crippen LogP contribution < -0.4 is 10.5 Å². The van der Waals surface area contributed by atoms with Crippen LogP contribution in [0.25, 0.3) is 0 Å². The molecule has 1 atom stereocenters. The molecule has 0 radical (unpaired) electrons. The Morgan fingerprint density at radius 1 is 1.56 bits per heavy atom. The number of benzene rings is 1. The van der Waals surface area contributed by atoms with E-state index in [0.29, 0.717) is 18.7 Å². The molecule has 0 aliphatic carbocycles. The van der Waals surface area contributed by atoms with Crippen molar-refractivity contribution >= 4 is 21.9 Å². The number of hydrogen-bond donors (Lipinski definition) is 2. The minimum Gasteiger partial charge on any atom is -0.479 e. The van der Waals surface area contributed by atoms with Crippen LogP contribution in [0, 0.1) is 0 Å². The molecule has 5 heteroatoms. The Kier molecular flexibility index (Phi) is 6.15. The van der Waals surface area contributed by atoms with Gasteiger partial charge < -0.3 is 15.6 Å². The first-order chi connectivity index (χ1) is 8.58. The highest BCUT2D eigenvalue weighted by atomic mass is 79.9. The third kappa shape index (κ3) is 4.31. The molecule has 0 heterocycles. The Morgan fingerprint density at radius 3 is 2.78 bits per heavy atom. The molecule has 0 amide bonds. The highest BCUT2D eigenvalue weighted by Gasteiger charge is 2.19. The molecule has 0 fully saturated rings. The Morgan fingerprint density at radius 2 is 2.28 bits per heavy atom. The van der Waals surface area contributed by atoms with E-state index in [1.54, 1.807) is 6.07 Å². The maximum absolute atomic E-state index is 11.0. The van der Waals surface area contributed by atoms with E-state index in [0.717, 1.165) is 22.9 Å². The summed E-state index contributed by atoms with van der Waals surface area (Å²) in [6, 6.07) is 5.59. The van der Waals surface area contributed by atoms with Gasteiger partial charge in [-0.25, -0.2) is 4.79 Å². The van der Waals surface area contributed by atoms with Crippen LogP contribution in [0.1, 0.15) is 25.3 Å². The molecule has 18 heavy (non-hydrogen) atoms. The number of carbonyl (C=O) groups is 1. The average molecular weight is 316 g/mol. The minimum absolute atomic E-state index is 0.492. The molecule has 0 aliphatic heterocycles. The second-order valence-electron chi connectivity index (χ2n) is 4.04. The number of nitrogens with two attached hydrogens (primary N) is 1. The van der Waals surface area contributed by atoms with Crippen LogP contribution in [0.3, 0.4) is 0 Å². The number of carboxylic acid groups (broad SMARTS) is 1. The first-order valence-corrected chi connectivity index (χ1v) is 6.75. The number of aliphatic carboxylic acids is 1. The molecule has 0 aliphatic rings. The summed E-state index contributed by atoms with van der Waals surface area (Å²) in [7, 11) is 0. The minimum atomic E-state index is -0.935. The zero-order valence-electron chi connectivity index (χ0n) is 10.4. The second kappa shape index (κ2) is 7.38. The predicted octanol–water partition coefficient (Wildman–Crippen LogP) is 2.58. The van der Waals surface area contributed by atoms with Crippen LogP contribution in [0.2, 0.25) is 0 Å². The summed E-state index contributed by atoms with van der Waals surface area (Å²) in [5.41, 5.74) is 6.58. The van der Waals surface area contributed by atoms with Crippen molar-refractivity contribution in [2.75, 3.05) is 6.54 Å². The molecule has 0 bridgehead atoms. The summed E-state index contributed by atoms with van der Waals surface area (Å²) >= 11 is 3.39. The molecule has 1 aromatic rings. The molecule has 100 valence electrons. The van der Waals surface area contributed by atoms with Crippen LogP contribution >= 0.6 is 15.9 Å². The number of rotatable bonds is 7. The van der Waals surface area contributed by atoms with E-state index in [9.17, 15) is 4.79 Å². The lowest BCUT2D eigenvalue weighted by molar-refractivity contribution is -0.145. The molecule has 3 N–H and O–H groups in total. The van der Waals surface area contributed by atoms with Crippen molar-refractivity contribution in [2.24, 2.45) is 5.73 Å². The van der Waals surface area contributed by atoms with Crippen LogP contribution in [0.4, 0.5) is 0 Å². The largest absolute Gasteiger partial charge is 0.479 e. The highest BCUT2D eigenvalue weighted by Crippen LogP contribution is 2.27. The second-order valence-corrected chi connectivity index (χ2v) is 4.89. The summed E-state index contributed by atoms with van der Waals surface area (Å²) in [6.45, 7) is 2.51. The number of carboxylic acids is 1. The Labute approximate surface area is 115 Å². The fourth-order valence-electron chi connectivity index (χ4n) is 1.61. The molecule has 1 unspecified atom stereocenters. The lowest BCUT2D eigenvalue weighted by Crippen LogP contribution is -2.26. The van der Waals surface area contributed by atoms with Crippen LogP contribution in [-0.4, -0.2) is 23.7 Å². The van der Waals surface area contributed by atoms with Gasteiger partial charge in [-0.15, -0.1) is 0 Å². The monoisotopic (exact) mass is 315 g/mol. The van der Waals surface area contributed by atoms with E-state index in [2.05, 4.69) is 15.9 Å². The third-order valence-corrected chi connectivity index (χ3v) is 3.14. The smallest absolute Gasteiger partial charge is 0.344 e. The molecular weight excluding hydrogens is 298 g/mol. The van der Waals surface area contributed by atoms with Crippen molar-refractivity contribution in [3.8, 4) is 5.75 Å². The van der Waals surface area contributed by atoms with E-state index >= 15 is 0 Å². The standard InChI is InChI=1S/C13H18BrNO3/c1-2-3-12(13(16)17)18-11-5-4-9(6-7-15)8-10(11)14/h4-5,8,12H,2-3,6-7,15H2,1H3,(H,16,17). The molecule has 0 saturated heterocycles. The summed E-state index contributed by atoms with van der Waals surface area (Å²) < 4.78 is 6.26. The molecule has 1 aromatic carbocycles. The van der Waals surface area contributed by atoms with Crippen molar-refractivity contribution in [2.45, 2.75) is 32.3 Å². The summed E-state index contributed by atoms with van der Waals surface area (Å²) in [5.74, 6) is -0.383. The van der Waals surface area contributed by atoms with Crippen LogP contribution in [0.15, 0.2) is 22.7 Å². The first kappa shape index (κ1) is 15.0. The maximum atomic E-state index is 11.0. The Bertz CT molecular complexity index is 409. The Balaban J connectivity index is 2.80. The van der Waals surface area contributed by atoms with Gasteiger partial charge in [-0.1, -0.05) is 19.4 Å². The van der Waals surface area contributed by atoms with Crippen molar-refractivity contribution < 1.29 is 14.6 Å². The third-order valence-electron chi connectivity index (χ3n) is 2.52. The maximum Gasteiger partial charge on any atom is 0.344 e. The van der Waals surface area contributed by atoms with Gasteiger partial charge in [0.25, 0.3) is 0 Å². The van der Waals surface area contributed by atoms with Gasteiger partial charge in [-0.2, -0.15) is 0 Å². The van der Waals surface area contributed by atoms with Crippen molar-refractivity contribution in [1.29, 1.82) is 0 Å². The molecular formula is C13H18BrNO3. The fraction of sp³-hybridized carbons (Fsp3) is 0.462. The number of halogens is 1. The van der Waals surface area contributed by atoms with Crippen molar-refractivity contribution in [3.05, 3.63) is 28.2 Å². The van der Waals surface area contributed by atoms with Crippen molar-refractivity contribution in [3.63, 3.8) is 0 Å². The zero-order valence-corrected chi connectivity index (χ0v) is 11.9. The Hall–Kier alpha value is -1.07. The normalized spacial score (nSPS) is 12.2. The fourth-order valence-corrected chi connectivity index (χ4v) is 2.13. The van der Waals surface area contributed by atoms with Gasteiger partial charge in [0.2, 0.25) is 0 Å². The van der Waals surface area contributed by atoms with E-state index in [4.69, 9.17) is 15.6 Å². The van der Waals surface area contributed by atoms with E-state index in [1.165, 1.54) is 0 Å². The van der Waals surface area contributed by atoms with E-state index < -0.39 is 12.1 Å². The van der Waals surface area contributed by atoms with Crippen LogP contribution in [-0.2, 0) is 11.2 Å². The van der Waals surface area contributed by atoms with Gasteiger partial charge in [-0.3, -0.25) is 0 Å². The van der Waals surface area contributed by atoms with E-state index in [-0.39, 0.29) is 0 Å². The topological polar surface area (TPSA) is 72.5 Å². The summed E-state index contributed by atoms with van der Waals surface area (Å²) in [6.07, 6.45) is 1.24. The number of hydrogen-bond acceptors (Lipinski definition) is 3. The summed E-state index contributed by atoms with van der Waals surface area (Å²) in [5, 5.41) is 9.04. The van der Waals surface area contributed by atoms with Gasteiger partial charge in [0.1, 0.15) is 5.75 Å². The van der Waals surface area contributed by atoms with Gasteiger partial charge in [0, 0.05) is 0 Å². The van der Waals surface area contributed by atoms with E-state index in [1.807, 2.05) is 19.1 Å².